The van der Waals surface area contributed by atoms with Crippen molar-refractivity contribution in [3.8, 4) is 0 Å². The molecule has 0 aromatic rings. The minimum Gasteiger partial charge on any atom is -0.376 e. The van der Waals surface area contributed by atoms with Crippen LogP contribution >= 0.6 is 12.2 Å². The van der Waals surface area contributed by atoms with Gasteiger partial charge in [-0.3, -0.25) is 0 Å². The van der Waals surface area contributed by atoms with Crippen LogP contribution in [0.15, 0.2) is 0 Å². The fourth-order valence-electron chi connectivity index (χ4n) is 1.20. The lowest BCUT2D eigenvalue weighted by atomic mass is 10.1. The first-order valence-electron chi connectivity index (χ1n) is 3.64. The van der Waals surface area contributed by atoms with Crippen molar-refractivity contribution < 1.29 is 0 Å². The van der Waals surface area contributed by atoms with Crippen LogP contribution < -0.4 is 11.1 Å². The molecule has 0 amide bonds. The molecule has 2 atom stereocenters. The van der Waals surface area contributed by atoms with E-state index >= 15 is 0 Å². The minimum atomic E-state index is 0.433. The molecule has 2 unspecified atom stereocenters. The second-order valence-electron chi connectivity index (χ2n) is 3.27. The fraction of sp³-hybridized carbons (Fsp3) is 0.857. The van der Waals surface area contributed by atoms with E-state index in [-0.39, 0.29) is 0 Å². The van der Waals surface area contributed by atoms with Crippen molar-refractivity contribution in [2.45, 2.75) is 32.7 Å². The average Bonchev–Trinajstić information content (AvgIpc) is 2.43. The summed E-state index contributed by atoms with van der Waals surface area (Å²) in [5.74, 6) is 0. The maximum atomic E-state index is 5.33. The molecule has 1 saturated carbocycles. The lowest BCUT2D eigenvalue weighted by molar-refractivity contribution is 0.512. The van der Waals surface area contributed by atoms with E-state index in [4.69, 9.17) is 18.0 Å². The molecule has 1 fully saturated rings. The molecule has 0 heterocycles. The van der Waals surface area contributed by atoms with Gasteiger partial charge in [0.25, 0.3) is 0 Å². The van der Waals surface area contributed by atoms with Gasteiger partial charge >= 0.3 is 0 Å². The van der Waals surface area contributed by atoms with E-state index in [9.17, 15) is 0 Å². The SMILES string of the molecule is CCC1(C)CC1NC(N)=S. The summed E-state index contributed by atoms with van der Waals surface area (Å²) < 4.78 is 0. The highest BCUT2D eigenvalue weighted by molar-refractivity contribution is 7.80. The zero-order chi connectivity index (χ0) is 7.78. The maximum Gasteiger partial charge on any atom is 0.163 e. The Hall–Kier alpha value is -0.310. The van der Waals surface area contributed by atoms with E-state index in [1.54, 1.807) is 0 Å². The number of hydrogen-bond donors (Lipinski definition) is 2. The summed E-state index contributed by atoms with van der Waals surface area (Å²) >= 11 is 4.73. The molecule has 3 heteroatoms. The Morgan fingerprint density at radius 2 is 2.50 bits per heavy atom. The summed E-state index contributed by atoms with van der Waals surface area (Å²) in [6.07, 6.45) is 2.41. The Morgan fingerprint density at radius 1 is 1.90 bits per heavy atom. The Balaban J connectivity index is 2.31. The maximum absolute atomic E-state index is 5.33. The van der Waals surface area contributed by atoms with Crippen molar-refractivity contribution in [1.29, 1.82) is 0 Å². The normalized spacial score (nSPS) is 37.2. The van der Waals surface area contributed by atoms with Gasteiger partial charge < -0.3 is 11.1 Å². The monoisotopic (exact) mass is 158 g/mol. The van der Waals surface area contributed by atoms with Crippen molar-refractivity contribution in [3.63, 3.8) is 0 Å². The number of nitrogens with two attached hydrogens (primary N) is 1. The van der Waals surface area contributed by atoms with E-state index in [0.29, 0.717) is 16.6 Å². The van der Waals surface area contributed by atoms with Crippen LogP contribution in [0.2, 0.25) is 0 Å². The lowest BCUT2D eigenvalue weighted by Crippen LogP contribution is -2.33. The molecule has 0 spiro atoms. The largest absolute Gasteiger partial charge is 0.376 e. The summed E-state index contributed by atoms with van der Waals surface area (Å²) in [6, 6.07) is 0.537. The first kappa shape index (κ1) is 7.79. The molecule has 1 aliphatic carbocycles. The number of hydrogen-bond acceptors (Lipinski definition) is 1. The van der Waals surface area contributed by atoms with Gasteiger partial charge in [-0.15, -0.1) is 0 Å². The van der Waals surface area contributed by atoms with E-state index < -0.39 is 0 Å². The zero-order valence-corrected chi connectivity index (χ0v) is 7.29. The Morgan fingerprint density at radius 3 is 2.80 bits per heavy atom. The van der Waals surface area contributed by atoms with Crippen LogP contribution in [-0.2, 0) is 0 Å². The van der Waals surface area contributed by atoms with Crippen molar-refractivity contribution in [2.75, 3.05) is 0 Å². The van der Waals surface area contributed by atoms with E-state index in [1.807, 2.05) is 0 Å². The number of nitrogens with one attached hydrogen (secondary N) is 1. The fourth-order valence-corrected chi connectivity index (χ4v) is 1.34. The van der Waals surface area contributed by atoms with Crippen LogP contribution in [0.3, 0.4) is 0 Å². The third kappa shape index (κ3) is 1.40. The Kier molecular flexibility index (Phi) is 1.86. The van der Waals surface area contributed by atoms with Gasteiger partial charge in [0, 0.05) is 6.04 Å². The predicted octanol–water partition coefficient (Wildman–Crippen LogP) is 1.01. The van der Waals surface area contributed by atoms with Gasteiger partial charge in [-0.2, -0.15) is 0 Å². The summed E-state index contributed by atoms with van der Waals surface area (Å²) in [5.41, 5.74) is 5.79. The van der Waals surface area contributed by atoms with E-state index in [2.05, 4.69) is 19.2 Å². The molecule has 0 aliphatic heterocycles. The Bertz CT molecular complexity index is 158. The van der Waals surface area contributed by atoms with Gasteiger partial charge in [-0.05, 0) is 30.5 Å². The molecule has 2 nitrogen and oxygen atoms in total. The molecule has 0 aromatic heterocycles. The summed E-state index contributed by atoms with van der Waals surface area (Å²) in [5, 5.41) is 3.50. The second-order valence-corrected chi connectivity index (χ2v) is 3.71. The van der Waals surface area contributed by atoms with Gasteiger partial charge in [0.05, 0.1) is 0 Å². The predicted molar refractivity (Wildman–Crippen MR) is 46.7 cm³/mol. The molecular formula is C7H14N2S. The van der Waals surface area contributed by atoms with Crippen molar-refractivity contribution in [1.82, 2.24) is 5.32 Å². The quantitative estimate of drug-likeness (QED) is 0.589. The van der Waals surface area contributed by atoms with Gasteiger partial charge in [0.15, 0.2) is 5.11 Å². The smallest absolute Gasteiger partial charge is 0.163 e. The molecule has 0 radical (unpaired) electrons. The lowest BCUT2D eigenvalue weighted by Gasteiger charge is -2.07. The van der Waals surface area contributed by atoms with Gasteiger partial charge in [0.2, 0.25) is 0 Å². The van der Waals surface area contributed by atoms with Gasteiger partial charge in [-0.1, -0.05) is 13.8 Å². The standard InChI is InChI=1S/C7H14N2S/c1-3-7(2)4-5(7)9-6(8)10/h5H,3-4H2,1-2H3,(H3,8,9,10). The second kappa shape index (κ2) is 2.38. The van der Waals surface area contributed by atoms with Crippen molar-refractivity contribution in [3.05, 3.63) is 0 Å². The van der Waals surface area contributed by atoms with Crippen LogP contribution in [0, 0.1) is 5.41 Å². The highest BCUT2D eigenvalue weighted by Gasteiger charge is 2.48. The zero-order valence-electron chi connectivity index (χ0n) is 6.48. The van der Waals surface area contributed by atoms with Crippen LogP contribution in [0.25, 0.3) is 0 Å². The summed E-state index contributed by atoms with van der Waals surface area (Å²) in [7, 11) is 0. The van der Waals surface area contributed by atoms with E-state index in [1.165, 1.54) is 12.8 Å². The Labute approximate surface area is 67.2 Å². The van der Waals surface area contributed by atoms with E-state index in [0.717, 1.165) is 0 Å². The number of thiocarbonyl (C=S) groups is 1. The van der Waals surface area contributed by atoms with Crippen LogP contribution in [0.1, 0.15) is 26.7 Å². The molecule has 10 heavy (non-hydrogen) atoms. The molecule has 1 rings (SSSR count). The molecule has 1 aliphatic rings. The van der Waals surface area contributed by atoms with Crippen molar-refractivity contribution in [2.24, 2.45) is 11.1 Å². The average molecular weight is 158 g/mol. The van der Waals surface area contributed by atoms with Crippen LogP contribution in [0.4, 0.5) is 0 Å². The minimum absolute atomic E-state index is 0.433. The highest BCUT2D eigenvalue weighted by atomic mass is 32.1. The number of rotatable bonds is 2. The molecule has 0 aromatic carbocycles. The third-order valence-corrected chi connectivity index (χ3v) is 2.59. The van der Waals surface area contributed by atoms with Crippen LogP contribution in [-0.4, -0.2) is 11.2 Å². The summed E-state index contributed by atoms with van der Waals surface area (Å²) in [6.45, 7) is 4.45. The molecule has 0 saturated heterocycles. The summed E-state index contributed by atoms with van der Waals surface area (Å²) in [4.78, 5) is 0. The van der Waals surface area contributed by atoms with Crippen LogP contribution in [0.5, 0.6) is 0 Å². The molecule has 0 bridgehead atoms. The third-order valence-electron chi connectivity index (χ3n) is 2.48. The topological polar surface area (TPSA) is 38.0 Å². The molecule has 3 N–H and O–H groups in total. The van der Waals surface area contributed by atoms with Gasteiger partial charge in [-0.25, -0.2) is 0 Å². The van der Waals surface area contributed by atoms with Gasteiger partial charge in [0.1, 0.15) is 0 Å². The first-order chi connectivity index (χ1) is 4.58. The molecular weight excluding hydrogens is 144 g/mol. The van der Waals surface area contributed by atoms with Crippen molar-refractivity contribution >= 4 is 17.3 Å². The molecule has 58 valence electrons. The first-order valence-corrected chi connectivity index (χ1v) is 4.05. The highest BCUT2D eigenvalue weighted by Crippen LogP contribution is 2.48.